The van der Waals surface area contributed by atoms with Crippen LogP contribution in [0.15, 0.2) is 18.3 Å². The van der Waals surface area contributed by atoms with E-state index in [0.717, 1.165) is 18.1 Å². The van der Waals surface area contributed by atoms with E-state index in [4.69, 9.17) is 5.73 Å². The highest BCUT2D eigenvalue weighted by molar-refractivity contribution is 7.98. The Hall–Kier alpha value is -0.900. The van der Waals surface area contributed by atoms with Crippen LogP contribution in [0, 0.1) is 0 Å². The van der Waals surface area contributed by atoms with Gasteiger partial charge in [0.25, 0.3) is 0 Å². The van der Waals surface area contributed by atoms with Gasteiger partial charge in [0.2, 0.25) is 0 Å². The third-order valence-electron chi connectivity index (χ3n) is 1.87. The van der Waals surface area contributed by atoms with Crippen LogP contribution in [0.4, 0.5) is 11.5 Å². The van der Waals surface area contributed by atoms with Crippen LogP contribution in [0.2, 0.25) is 0 Å². The van der Waals surface area contributed by atoms with Gasteiger partial charge in [-0.15, -0.1) is 0 Å². The van der Waals surface area contributed by atoms with Gasteiger partial charge in [-0.05, 0) is 30.9 Å². The molecule has 78 valence electrons. The Labute approximate surface area is 89.5 Å². The van der Waals surface area contributed by atoms with E-state index in [0.29, 0.717) is 0 Å². The average Bonchev–Trinajstić information content (AvgIpc) is 2.18. The number of unbranched alkanes of at least 4 members (excludes halogenated alkanes) is 1. The van der Waals surface area contributed by atoms with Crippen LogP contribution in [0.1, 0.15) is 12.8 Å². The summed E-state index contributed by atoms with van der Waals surface area (Å²) in [6.07, 6.45) is 6.28. The number of rotatable bonds is 6. The van der Waals surface area contributed by atoms with Crippen molar-refractivity contribution >= 4 is 23.3 Å². The van der Waals surface area contributed by atoms with Gasteiger partial charge in [-0.1, -0.05) is 0 Å². The van der Waals surface area contributed by atoms with E-state index in [2.05, 4.69) is 16.6 Å². The molecule has 0 spiro atoms. The Morgan fingerprint density at radius 3 is 3.07 bits per heavy atom. The molecule has 0 unspecified atom stereocenters. The molecule has 1 heterocycles. The molecule has 0 aliphatic carbocycles. The number of aromatic nitrogens is 1. The lowest BCUT2D eigenvalue weighted by molar-refractivity contribution is 0.840. The Kier molecular flexibility index (Phi) is 5.22. The summed E-state index contributed by atoms with van der Waals surface area (Å²) in [5.41, 5.74) is 6.38. The quantitative estimate of drug-likeness (QED) is 0.708. The van der Waals surface area contributed by atoms with E-state index in [9.17, 15) is 0 Å². The maximum atomic E-state index is 5.63. The standard InChI is InChI=1S/C10H17N3S/c1-14-7-3-2-5-12-10-8-9(11)4-6-13-10/h4,6,8H,2-3,5,7H2,1H3,(H3,11,12,13). The predicted octanol–water partition coefficient (Wildman–Crippen LogP) is 2.22. The number of hydrogen-bond donors (Lipinski definition) is 2. The summed E-state index contributed by atoms with van der Waals surface area (Å²) in [4.78, 5) is 4.16. The van der Waals surface area contributed by atoms with Crippen molar-refractivity contribution < 1.29 is 0 Å². The van der Waals surface area contributed by atoms with E-state index in [1.165, 1.54) is 18.6 Å². The first kappa shape index (κ1) is 11.2. The summed E-state index contributed by atoms with van der Waals surface area (Å²) in [6, 6.07) is 3.65. The van der Waals surface area contributed by atoms with Crippen molar-refractivity contribution in [2.75, 3.05) is 29.6 Å². The molecule has 1 aromatic rings. The van der Waals surface area contributed by atoms with Crippen LogP contribution in [0.25, 0.3) is 0 Å². The smallest absolute Gasteiger partial charge is 0.127 e. The van der Waals surface area contributed by atoms with Gasteiger partial charge in [-0.25, -0.2) is 4.98 Å². The highest BCUT2D eigenvalue weighted by atomic mass is 32.2. The van der Waals surface area contributed by atoms with Crippen LogP contribution < -0.4 is 11.1 Å². The van der Waals surface area contributed by atoms with Crippen molar-refractivity contribution in [3.05, 3.63) is 18.3 Å². The molecule has 0 saturated carbocycles. The number of nitrogens with two attached hydrogens (primary N) is 1. The first-order valence-corrected chi connectivity index (χ1v) is 6.16. The molecule has 4 heteroatoms. The third kappa shape index (κ3) is 4.37. The highest BCUT2D eigenvalue weighted by Crippen LogP contribution is 2.08. The monoisotopic (exact) mass is 211 g/mol. The second-order valence-corrected chi connectivity index (χ2v) is 4.09. The lowest BCUT2D eigenvalue weighted by Crippen LogP contribution is -2.03. The fourth-order valence-electron chi connectivity index (χ4n) is 1.13. The van der Waals surface area contributed by atoms with Crippen LogP contribution >= 0.6 is 11.8 Å². The molecule has 3 nitrogen and oxygen atoms in total. The van der Waals surface area contributed by atoms with E-state index < -0.39 is 0 Å². The number of nitrogen functional groups attached to an aromatic ring is 1. The van der Waals surface area contributed by atoms with Crippen LogP contribution in [0.3, 0.4) is 0 Å². The first-order valence-electron chi connectivity index (χ1n) is 4.77. The molecular weight excluding hydrogens is 194 g/mol. The zero-order valence-electron chi connectivity index (χ0n) is 8.49. The molecule has 1 aromatic heterocycles. The zero-order valence-corrected chi connectivity index (χ0v) is 9.31. The fourth-order valence-corrected chi connectivity index (χ4v) is 1.62. The summed E-state index contributed by atoms with van der Waals surface area (Å²) < 4.78 is 0. The van der Waals surface area contributed by atoms with Crippen molar-refractivity contribution in [2.24, 2.45) is 0 Å². The SMILES string of the molecule is CSCCCCNc1cc(N)ccn1. The van der Waals surface area contributed by atoms with Crippen LogP contribution in [-0.2, 0) is 0 Å². The topological polar surface area (TPSA) is 50.9 Å². The average molecular weight is 211 g/mol. The maximum absolute atomic E-state index is 5.63. The molecule has 0 fully saturated rings. The minimum atomic E-state index is 0.756. The van der Waals surface area contributed by atoms with Gasteiger partial charge in [0.1, 0.15) is 5.82 Å². The Balaban J connectivity index is 2.18. The number of nitrogens with zero attached hydrogens (tertiary/aromatic N) is 1. The van der Waals surface area contributed by atoms with Gasteiger partial charge in [-0.3, -0.25) is 0 Å². The summed E-state index contributed by atoms with van der Waals surface area (Å²) in [5, 5.41) is 3.24. The molecule has 3 N–H and O–H groups in total. The fraction of sp³-hybridized carbons (Fsp3) is 0.500. The normalized spacial score (nSPS) is 10.1. The minimum absolute atomic E-state index is 0.756. The van der Waals surface area contributed by atoms with E-state index >= 15 is 0 Å². The molecule has 1 rings (SSSR count). The van der Waals surface area contributed by atoms with Gasteiger partial charge >= 0.3 is 0 Å². The highest BCUT2D eigenvalue weighted by Gasteiger charge is 1.93. The molecule has 0 atom stereocenters. The van der Waals surface area contributed by atoms with Crippen molar-refractivity contribution in [2.45, 2.75) is 12.8 Å². The van der Waals surface area contributed by atoms with E-state index in [-0.39, 0.29) is 0 Å². The maximum Gasteiger partial charge on any atom is 0.127 e. The largest absolute Gasteiger partial charge is 0.399 e. The summed E-state index contributed by atoms with van der Waals surface area (Å²) >= 11 is 1.89. The molecule has 0 amide bonds. The minimum Gasteiger partial charge on any atom is -0.399 e. The molecule has 0 aliphatic rings. The molecule has 14 heavy (non-hydrogen) atoms. The summed E-state index contributed by atoms with van der Waals surface area (Å²) in [5.74, 6) is 2.10. The third-order valence-corrected chi connectivity index (χ3v) is 2.56. The van der Waals surface area contributed by atoms with E-state index in [1.54, 1.807) is 12.3 Å². The number of thioether (sulfide) groups is 1. The summed E-state index contributed by atoms with van der Waals surface area (Å²) in [6.45, 7) is 0.969. The Bertz CT molecular complexity index is 265. The van der Waals surface area contributed by atoms with Crippen molar-refractivity contribution in [1.82, 2.24) is 4.98 Å². The molecular formula is C10H17N3S. The van der Waals surface area contributed by atoms with Crippen molar-refractivity contribution in [3.8, 4) is 0 Å². The van der Waals surface area contributed by atoms with Gasteiger partial charge in [0.15, 0.2) is 0 Å². The Morgan fingerprint density at radius 1 is 1.50 bits per heavy atom. The van der Waals surface area contributed by atoms with Gasteiger partial charge in [0.05, 0.1) is 0 Å². The number of pyridine rings is 1. The predicted molar refractivity (Wildman–Crippen MR) is 64.8 cm³/mol. The second-order valence-electron chi connectivity index (χ2n) is 3.10. The summed E-state index contributed by atoms with van der Waals surface area (Å²) in [7, 11) is 0. The first-order chi connectivity index (χ1) is 6.83. The Morgan fingerprint density at radius 2 is 2.36 bits per heavy atom. The van der Waals surface area contributed by atoms with Gasteiger partial charge in [-0.2, -0.15) is 11.8 Å². The van der Waals surface area contributed by atoms with Gasteiger partial charge in [0, 0.05) is 24.5 Å². The van der Waals surface area contributed by atoms with Gasteiger partial charge < -0.3 is 11.1 Å². The number of nitrogens with one attached hydrogen (secondary N) is 1. The lowest BCUT2D eigenvalue weighted by atomic mass is 10.3. The lowest BCUT2D eigenvalue weighted by Gasteiger charge is -2.05. The number of hydrogen-bond acceptors (Lipinski definition) is 4. The molecule has 0 saturated heterocycles. The van der Waals surface area contributed by atoms with Crippen molar-refractivity contribution in [1.29, 1.82) is 0 Å². The van der Waals surface area contributed by atoms with E-state index in [1.807, 2.05) is 17.8 Å². The molecule has 0 aliphatic heterocycles. The number of anilines is 2. The molecule has 0 aromatic carbocycles. The molecule has 0 radical (unpaired) electrons. The molecule has 0 bridgehead atoms. The zero-order chi connectivity index (χ0) is 10.2. The van der Waals surface area contributed by atoms with Crippen molar-refractivity contribution in [3.63, 3.8) is 0 Å². The van der Waals surface area contributed by atoms with Crippen LogP contribution in [0.5, 0.6) is 0 Å². The van der Waals surface area contributed by atoms with Crippen LogP contribution in [-0.4, -0.2) is 23.5 Å². The second kappa shape index (κ2) is 6.54.